The zero-order valence-corrected chi connectivity index (χ0v) is 12.1. The van der Waals surface area contributed by atoms with Crippen molar-refractivity contribution < 1.29 is 33.0 Å². The molecule has 0 aliphatic heterocycles. The molecule has 0 rings (SSSR count). The van der Waals surface area contributed by atoms with Gasteiger partial charge in [0.25, 0.3) is 6.47 Å². The molecule has 0 saturated carbocycles. The molecule has 0 unspecified atom stereocenters. The minimum absolute atomic E-state index is 0.103. The molecule has 21 heavy (non-hydrogen) atoms. The Hall–Kier alpha value is -2.17. The number of alkyl halides is 1. The van der Waals surface area contributed by atoms with Crippen LogP contribution in [0.25, 0.3) is 0 Å². The molecule has 8 heteroatoms. The van der Waals surface area contributed by atoms with Crippen LogP contribution in [-0.2, 0) is 28.6 Å². The highest BCUT2D eigenvalue weighted by atomic mass is 19.1. The third kappa shape index (κ3) is 7.25. The van der Waals surface area contributed by atoms with Gasteiger partial charge in [0.15, 0.2) is 12.2 Å². The summed E-state index contributed by atoms with van der Waals surface area (Å²) in [6.07, 6.45) is -5.83. The van der Waals surface area contributed by atoms with Gasteiger partial charge in [0.1, 0.15) is 12.3 Å². The van der Waals surface area contributed by atoms with Crippen LogP contribution in [0.2, 0.25) is 0 Å². The molecule has 0 N–H and O–H groups in total. The summed E-state index contributed by atoms with van der Waals surface area (Å²) < 4.78 is 28.5. The van der Waals surface area contributed by atoms with Crippen molar-refractivity contribution in [1.29, 1.82) is 5.26 Å². The second kappa shape index (κ2) is 9.69. The van der Waals surface area contributed by atoms with Gasteiger partial charge in [-0.25, -0.2) is 4.39 Å². The fourth-order valence-electron chi connectivity index (χ4n) is 1.69. The molecular formula is C13H18FNO6. The van der Waals surface area contributed by atoms with Gasteiger partial charge in [-0.15, -0.1) is 0 Å². The highest BCUT2D eigenvalue weighted by molar-refractivity contribution is 5.67. The molecule has 7 nitrogen and oxygen atoms in total. The highest BCUT2D eigenvalue weighted by Crippen LogP contribution is 2.21. The lowest BCUT2D eigenvalue weighted by molar-refractivity contribution is -0.184. The summed E-state index contributed by atoms with van der Waals surface area (Å²) in [6.45, 7) is 3.65. The van der Waals surface area contributed by atoms with Crippen molar-refractivity contribution >= 4 is 18.4 Å². The van der Waals surface area contributed by atoms with Gasteiger partial charge in [-0.3, -0.25) is 14.4 Å². The quantitative estimate of drug-likeness (QED) is 0.356. The number of esters is 2. The first-order valence-electron chi connectivity index (χ1n) is 6.28. The standard InChI is InChI=1S/C13H18FNO6/c1-8(19-7-16)12(20-9(2)17)13(21-10(3)18)11(14)5-4-6-15/h7-8,11-13H,4-5H2,1-3H3/t8-,11+,12-,13-/m0/s1. The van der Waals surface area contributed by atoms with E-state index in [-0.39, 0.29) is 19.3 Å². The lowest BCUT2D eigenvalue weighted by Gasteiger charge is -2.31. The summed E-state index contributed by atoms with van der Waals surface area (Å²) in [6, 6.07) is 1.77. The van der Waals surface area contributed by atoms with Crippen molar-refractivity contribution in [2.45, 2.75) is 58.1 Å². The largest absolute Gasteiger partial charge is 0.461 e. The molecular weight excluding hydrogens is 285 g/mol. The maximum atomic E-state index is 14.2. The summed E-state index contributed by atoms with van der Waals surface area (Å²) in [5.74, 6) is -1.53. The van der Waals surface area contributed by atoms with E-state index >= 15 is 0 Å². The van der Waals surface area contributed by atoms with E-state index < -0.39 is 36.4 Å². The van der Waals surface area contributed by atoms with Crippen LogP contribution in [0, 0.1) is 11.3 Å². The number of hydrogen-bond donors (Lipinski definition) is 0. The van der Waals surface area contributed by atoms with E-state index in [9.17, 15) is 18.8 Å². The lowest BCUT2D eigenvalue weighted by Crippen LogP contribution is -2.47. The first-order valence-corrected chi connectivity index (χ1v) is 6.28. The Morgan fingerprint density at radius 1 is 1.24 bits per heavy atom. The Kier molecular flexibility index (Phi) is 8.69. The molecule has 0 aromatic rings. The summed E-state index contributed by atoms with van der Waals surface area (Å²) in [7, 11) is 0. The molecule has 0 aromatic heterocycles. The average Bonchev–Trinajstić information content (AvgIpc) is 2.39. The van der Waals surface area contributed by atoms with Gasteiger partial charge in [-0.1, -0.05) is 0 Å². The van der Waals surface area contributed by atoms with Crippen LogP contribution in [0.5, 0.6) is 0 Å². The van der Waals surface area contributed by atoms with Gasteiger partial charge in [-0.05, 0) is 13.3 Å². The Morgan fingerprint density at radius 3 is 2.19 bits per heavy atom. The van der Waals surface area contributed by atoms with E-state index in [2.05, 4.69) is 4.74 Å². The number of nitrogens with zero attached hydrogens (tertiary/aromatic N) is 1. The van der Waals surface area contributed by atoms with Crippen LogP contribution in [0.4, 0.5) is 4.39 Å². The molecule has 0 fully saturated rings. The fourth-order valence-corrected chi connectivity index (χ4v) is 1.69. The van der Waals surface area contributed by atoms with E-state index in [1.165, 1.54) is 6.92 Å². The van der Waals surface area contributed by atoms with E-state index in [1.54, 1.807) is 6.07 Å². The molecule has 0 heterocycles. The van der Waals surface area contributed by atoms with Crippen LogP contribution >= 0.6 is 0 Å². The predicted molar refractivity (Wildman–Crippen MR) is 67.5 cm³/mol. The van der Waals surface area contributed by atoms with Crippen LogP contribution in [0.3, 0.4) is 0 Å². The zero-order valence-electron chi connectivity index (χ0n) is 12.1. The molecule has 0 aliphatic carbocycles. The highest BCUT2D eigenvalue weighted by Gasteiger charge is 2.39. The summed E-state index contributed by atoms with van der Waals surface area (Å²) in [5.41, 5.74) is 0. The van der Waals surface area contributed by atoms with Crippen molar-refractivity contribution in [2.24, 2.45) is 0 Å². The van der Waals surface area contributed by atoms with Crippen LogP contribution in [0.1, 0.15) is 33.6 Å². The third-order valence-electron chi connectivity index (χ3n) is 2.55. The number of ether oxygens (including phenoxy) is 3. The minimum atomic E-state index is -1.74. The fraction of sp³-hybridized carbons (Fsp3) is 0.692. The van der Waals surface area contributed by atoms with Crippen molar-refractivity contribution in [1.82, 2.24) is 0 Å². The second-order valence-electron chi connectivity index (χ2n) is 4.30. The molecule has 0 saturated heterocycles. The van der Waals surface area contributed by atoms with Crippen LogP contribution in [-0.4, -0.2) is 42.9 Å². The molecule has 0 bridgehead atoms. The van der Waals surface area contributed by atoms with Crippen LogP contribution < -0.4 is 0 Å². The van der Waals surface area contributed by atoms with E-state index in [1.807, 2.05) is 0 Å². The van der Waals surface area contributed by atoms with Crippen molar-refractivity contribution in [3.05, 3.63) is 0 Å². The number of hydrogen-bond acceptors (Lipinski definition) is 7. The minimum Gasteiger partial charge on any atom is -0.461 e. The molecule has 0 aliphatic rings. The predicted octanol–water partition coefficient (Wildman–Crippen LogP) is 1.05. The Morgan fingerprint density at radius 2 is 1.76 bits per heavy atom. The van der Waals surface area contributed by atoms with Crippen molar-refractivity contribution in [3.8, 4) is 6.07 Å². The smallest absolute Gasteiger partial charge is 0.303 e. The molecule has 118 valence electrons. The molecule has 0 spiro atoms. The monoisotopic (exact) mass is 303 g/mol. The van der Waals surface area contributed by atoms with Gasteiger partial charge in [0.05, 0.1) is 6.07 Å². The van der Waals surface area contributed by atoms with Gasteiger partial charge < -0.3 is 14.2 Å². The Labute approximate surface area is 122 Å². The normalized spacial score (nSPS) is 15.8. The molecule has 0 aromatic carbocycles. The molecule has 4 atom stereocenters. The summed E-state index contributed by atoms with van der Waals surface area (Å²) >= 11 is 0. The van der Waals surface area contributed by atoms with Gasteiger partial charge in [0.2, 0.25) is 0 Å². The van der Waals surface area contributed by atoms with Crippen molar-refractivity contribution in [2.75, 3.05) is 0 Å². The topological polar surface area (TPSA) is 103 Å². The maximum Gasteiger partial charge on any atom is 0.303 e. The van der Waals surface area contributed by atoms with E-state index in [0.717, 1.165) is 13.8 Å². The molecule has 0 radical (unpaired) electrons. The van der Waals surface area contributed by atoms with Gasteiger partial charge >= 0.3 is 11.9 Å². The number of nitriles is 1. The average molecular weight is 303 g/mol. The maximum absolute atomic E-state index is 14.2. The van der Waals surface area contributed by atoms with E-state index in [4.69, 9.17) is 14.7 Å². The lowest BCUT2D eigenvalue weighted by atomic mass is 10.0. The number of carbonyl (C=O) groups excluding carboxylic acids is 3. The van der Waals surface area contributed by atoms with Crippen molar-refractivity contribution in [3.63, 3.8) is 0 Å². The first kappa shape index (κ1) is 18.8. The Balaban J connectivity index is 5.22. The zero-order chi connectivity index (χ0) is 16.4. The Bertz CT molecular complexity index is 408. The summed E-state index contributed by atoms with van der Waals surface area (Å²) in [5, 5.41) is 8.48. The number of rotatable bonds is 9. The number of carbonyl (C=O) groups is 3. The second-order valence-corrected chi connectivity index (χ2v) is 4.30. The molecule has 0 amide bonds. The van der Waals surface area contributed by atoms with E-state index in [0.29, 0.717) is 0 Å². The SMILES string of the molecule is CC(=O)O[C@H]([C@@H](OC(C)=O)[C@H](C)OC=O)[C@H](F)CCC#N. The first-order chi connectivity index (χ1) is 9.83. The van der Waals surface area contributed by atoms with Crippen LogP contribution in [0.15, 0.2) is 0 Å². The van der Waals surface area contributed by atoms with Gasteiger partial charge in [0, 0.05) is 20.3 Å². The number of halogens is 1. The third-order valence-corrected chi connectivity index (χ3v) is 2.55. The summed E-state index contributed by atoms with van der Waals surface area (Å²) in [4.78, 5) is 32.6. The van der Waals surface area contributed by atoms with Gasteiger partial charge in [-0.2, -0.15) is 5.26 Å².